The molecule has 0 fully saturated rings. The zero-order chi connectivity index (χ0) is 14.1. The fourth-order valence-corrected chi connectivity index (χ4v) is 2.75. The number of aliphatic imine (C=N–C) groups is 1. The van der Waals surface area contributed by atoms with Gasteiger partial charge in [0.05, 0.1) is 24.1 Å². The maximum atomic E-state index is 4.81. The highest BCUT2D eigenvalue weighted by atomic mass is 15.2. The first-order valence-corrected chi connectivity index (χ1v) is 7.20. The third-order valence-corrected chi connectivity index (χ3v) is 3.74. The number of amidine groups is 1. The zero-order valence-electron chi connectivity index (χ0n) is 11.7. The number of hydrogen-bond acceptors (Lipinski definition) is 3. The molecule has 0 amide bonds. The lowest BCUT2D eigenvalue weighted by atomic mass is 10.2. The molecule has 0 aliphatic carbocycles. The molecule has 0 saturated heterocycles. The number of nitrogens with one attached hydrogen (secondary N) is 1. The first-order valence-electron chi connectivity index (χ1n) is 7.20. The lowest BCUT2D eigenvalue weighted by Gasteiger charge is -2.09. The van der Waals surface area contributed by atoms with E-state index < -0.39 is 0 Å². The summed E-state index contributed by atoms with van der Waals surface area (Å²) in [6, 6.07) is 18.6. The molecule has 1 N–H and O–H groups in total. The number of fused-ring (bicyclic) bond motifs is 1. The van der Waals surface area contributed by atoms with E-state index in [9.17, 15) is 0 Å². The summed E-state index contributed by atoms with van der Waals surface area (Å²) >= 11 is 0. The van der Waals surface area contributed by atoms with E-state index in [1.807, 2.05) is 24.3 Å². The van der Waals surface area contributed by atoms with Gasteiger partial charge < -0.3 is 9.88 Å². The van der Waals surface area contributed by atoms with Crippen molar-refractivity contribution in [2.45, 2.75) is 6.54 Å². The van der Waals surface area contributed by atoms with Crippen LogP contribution in [0.5, 0.6) is 0 Å². The first-order chi connectivity index (χ1) is 10.4. The molecule has 2 heterocycles. The van der Waals surface area contributed by atoms with E-state index in [2.05, 4.69) is 45.2 Å². The van der Waals surface area contributed by atoms with Gasteiger partial charge in [0.2, 0.25) is 0 Å². The first kappa shape index (κ1) is 12.1. The van der Waals surface area contributed by atoms with Gasteiger partial charge in [-0.3, -0.25) is 4.99 Å². The third kappa shape index (κ3) is 2.18. The molecule has 4 heteroatoms. The number of nitrogens with zero attached hydrogens (tertiary/aromatic N) is 3. The Morgan fingerprint density at radius 2 is 1.81 bits per heavy atom. The Bertz CT molecular complexity index is 802. The molecule has 2 aromatic carbocycles. The number of para-hydroxylation sites is 2. The van der Waals surface area contributed by atoms with Gasteiger partial charge in [0, 0.05) is 12.1 Å². The Kier molecular flexibility index (Phi) is 2.92. The van der Waals surface area contributed by atoms with E-state index in [0.717, 1.165) is 47.9 Å². The Morgan fingerprint density at radius 1 is 1.00 bits per heavy atom. The predicted molar refractivity (Wildman–Crippen MR) is 85.5 cm³/mol. The normalized spacial score (nSPS) is 14.2. The molecule has 0 bridgehead atoms. The molecule has 104 valence electrons. The third-order valence-electron chi connectivity index (χ3n) is 3.74. The summed E-state index contributed by atoms with van der Waals surface area (Å²) in [6.07, 6.45) is 0. The van der Waals surface area contributed by atoms with Crippen molar-refractivity contribution < 1.29 is 0 Å². The average molecular weight is 276 g/mol. The van der Waals surface area contributed by atoms with Crippen LogP contribution in [0.1, 0.15) is 0 Å². The summed E-state index contributed by atoms with van der Waals surface area (Å²) in [5, 5.41) is 3.34. The molecule has 1 aliphatic heterocycles. The molecule has 0 radical (unpaired) electrons. The minimum absolute atomic E-state index is 0.741. The number of imidazole rings is 1. The van der Waals surface area contributed by atoms with Crippen molar-refractivity contribution in [2.24, 2.45) is 4.99 Å². The molecule has 4 nitrogen and oxygen atoms in total. The van der Waals surface area contributed by atoms with Crippen LogP contribution in [0.15, 0.2) is 59.6 Å². The van der Waals surface area contributed by atoms with E-state index >= 15 is 0 Å². The van der Waals surface area contributed by atoms with Gasteiger partial charge in [0.1, 0.15) is 11.7 Å². The van der Waals surface area contributed by atoms with Gasteiger partial charge in [-0.1, -0.05) is 42.5 Å². The van der Waals surface area contributed by atoms with Gasteiger partial charge in [-0.05, 0) is 12.1 Å². The minimum Gasteiger partial charge on any atom is -0.370 e. The number of benzene rings is 2. The molecule has 0 saturated carbocycles. The van der Waals surface area contributed by atoms with Crippen LogP contribution < -0.4 is 5.32 Å². The molecule has 0 atom stereocenters. The van der Waals surface area contributed by atoms with Crippen molar-refractivity contribution in [3.63, 3.8) is 0 Å². The average Bonchev–Trinajstić information content (AvgIpc) is 3.17. The molecular formula is C17H16N4. The van der Waals surface area contributed by atoms with Gasteiger partial charge >= 0.3 is 0 Å². The smallest absolute Gasteiger partial charge is 0.141 e. The van der Waals surface area contributed by atoms with Crippen LogP contribution in [0.2, 0.25) is 0 Å². The second kappa shape index (κ2) is 5.05. The van der Waals surface area contributed by atoms with Crippen molar-refractivity contribution in [1.29, 1.82) is 0 Å². The summed E-state index contributed by atoms with van der Waals surface area (Å²) in [4.78, 5) is 9.31. The predicted octanol–water partition coefficient (Wildman–Crippen LogP) is 2.71. The topological polar surface area (TPSA) is 42.2 Å². The van der Waals surface area contributed by atoms with Gasteiger partial charge in [-0.2, -0.15) is 0 Å². The van der Waals surface area contributed by atoms with Crippen LogP contribution >= 0.6 is 0 Å². The lowest BCUT2D eigenvalue weighted by molar-refractivity contribution is 0.860. The van der Waals surface area contributed by atoms with Gasteiger partial charge in [0.25, 0.3) is 0 Å². The Hall–Kier alpha value is -2.62. The largest absolute Gasteiger partial charge is 0.370 e. The molecule has 1 aliphatic rings. The van der Waals surface area contributed by atoms with E-state index in [-0.39, 0.29) is 0 Å². The zero-order valence-corrected chi connectivity index (χ0v) is 11.7. The number of aromatic nitrogens is 2. The van der Waals surface area contributed by atoms with E-state index in [0.29, 0.717) is 0 Å². The summed E-state index contributed by atoms with van der Waals surface area (Å²) in [5.74, 6) is 2.03. The molecule has 3 aromatic rings. The molecule has 4 rings (SSSR count). The second-order valence-corrected chi connectivity index (χ2v) is 5.13. The van der Waals surface area contributed by atoms with Crippen LogP contribution in [0.4, 0.5) is 0 Å². The quantitative estimate of drug-likeness (QED) is 0.799. The van der Waals surface area contributed by atoms with Crippen molar-refractivity contribution in [2.75, 3.05) is 13.1 Å². The monoisotopic (exact) mass is 276 g/mol. The molecule has 1 aromatic heterocycles. The Labute approximate surface area is 123 Å². The summed E-state index contributed by atoms with van der Waals surface area (Å²) in [6.45, 7) is 2.54. The van der Waals surface area contributed by atoms with Crippen molar-refractivity contribution >= 4 is 16.9 Å². The van der Waals surface area contributed by atoms with Gasteiger partial charge in [0.15, 0.2) is 0 Å². The van der Waals surface area contributed by atoms with Crippen molar-refractivity contribution in [1.82, 2.24) is 14.9 Å². The highest BCUT2D eigenvalue weighted by Gasteiger charge is 2.15. The highest BCUT2D eigenvalue weighted by Crippen LogP contribution is 2.24. The SMILES string of the molecule is c1ccc(-c2nc3ccccc3n2CC2=NCCN2)cc1. The molecule has 0 spiro atoms. The van der Waals surface area contributed by atoms with Crippen LogP contribution in [0, 0.1) is 0 Å². The Balaban J connectivity index is 1.88. The minimum atomic E-state index is 0.741. The maximum absolute atomic E-state index is 4.81. The van der Waals surface area contributed by atoms with Crippen molar-refractivity contribution in [3.8, 4) is 11.4 Å². The van der Waals surface area contributed by atoms with E-state index in [1.165, 1.54) is 0 Å². The number of rotatable bonds is 3. The van der Waals surface area contributed by atoms with Crippen LogP contribution in [-0.2, 0) is 6.54 Å². The summed E-state index contributed by atoms with van der Waals surface area (Å²) in [7, 11) is 0. The molecule has 21 heavy (non-hydrogen) atoms. The van der Waals surface area contributed by atoms with E-state index in [1.54, 1.807) is 0 Å². The standard InChI is InChI=1S/C17H16N4/c1-2-6-13(7-3-1)17-20-14-8-4-5-9-15(14)21(17)12-16-18-10-11-19-16/h1-9H,10-12H2,(H,18,19). The molecular weight excluding hydrogens is 260 g/mol. The molecule has 0 unspecified atom stereocenters. The summed E-state index contributed by atoms with van der Waals surface area (Å²) < 4.78 is 2.24. The van der Waals surface area contributed by atoms with Crippen LogP contribution in [-0.4, -0.2) is 28.5 Å². The van der Waals surface area contributed by atoms with Crippen LogP contribution in [0.25, 0.3) is 22.4 Å². The van der Waals surface area contributed by atoms with Gasteiger partial charge in [-0.15, -0.1) is 0 Å². The Morgan fingerprint density at radius 3 is 2.62 bits per heavy atom. The van der Waals surface area contributed by atoms with Crippen molar-refractivity contribution in [3.05, 3.63) is 54.6 Å². The maximum Gasteiger partial charge on any atom is 0.141 e. The fraction of sp³-hybridized carbons (Fsp3) is 0.176. The highest BCUT2D eigenvalue weighted by molar-refractivity contribution is 5.87. The fourth-order valence-electron chi connectivity index (χ4n) is 2.75. The summed E-state index contributed by atoms with van der Waals surface area (Å²) in [5.41, 5.74) is 3.30. The lowest BCUT2D eigenvalue weighted by Crippen LogP contribution is -2.23. The second-order valence-electron chi connectivity index (χ2n) is 5.13. The van der Waals surface area contributed by atoms with Gasteiger partial charge in [-0.25, -0.2) is 4.98 Å². The van der Waals surface area contributed by atoms with Crippen LogP contribution in [0.3, 0.4) is 0 Å². The van der Waals surface area contributed by atoms with E-state index in [4.69, 9.17) is 4.98 Å². The number of hydrogen-bond donors (Lipinski definition) is 1.